The van der Waals surface area contributed by atoms with Crippen LogP contribution in [-0.4, -0.2) is 60.8 Å². The Morgan fingerprint density at radius 2 is 1.77 bits per heavy atom. The fourth-order valence-corrected chi connectivity index (χ4v) is 5.40. The lowest BCUT2D eigenvalue weighted by atomic mass is 10.1. The maximum Gasteiger partial charge on any atom is 0.434 e. The molecule has 0 aliphatic heterocycles. The van der Waals surface area contributed by atoms with E-state index in [9.17, 15) is 21.6 Å². The van der Waals surface area contributed by atoms with Crippen LogP contribution in [0.5, 0.6) is 11.8 Å². The van der Waals surface area contributed by atoms with Crippen molar-refractivity contribution < 1.29 is 31.1 Å². The molecule has 12 nitrogen and oxygen atoms in total. The van der Waals surface area contributed by atoms with Crippen LogP contribution in [0.1, 0.15) is 35.7 Å². The van der Waals surface area contributed by atoms with Gasteiger partial charge in [-0.3, -0.25) is 0 Å². The van der Waals surface area contributed by atoms with Crippen LogP contribution in [0.15, 0.2) is 43.1 Å². The van der Waals surface area contributed by atoms with Crippen LogP contribution >= 0.6 is 0 Å². The van der Waals surface area contributed by atoms with Gasteiger partial charge >= 0.3 is 6.18 Å². The maximum atomic E-state index is 13.1. The molecule has 43 heavy (non-hydrogen) atoms. The molecule has 0 N–H and O–H groups in total. The lowest BCUT2D eigenvalue weighted by Crippen LogP contribution is -2.10. The van der Waals surface area contributed by atoms with Gasteiger partial charge in [-0.25, -0.2) is 33.3 Å². The third-order valence-electron chi connectivity index (χ3n) is 6.79. The van der Waals surface area contributed by atoms with E-state index in [1.54, 1.807) is 24.3 Å². The van der Waals surface area contributed by atoms with Gasteiger partial charge in [-0.2, -0.15) is 18.2 Å². The van der Waals surface area contributed by atoms with E-state index in [1.165, 1.54) is 35.9 Å². The highest BCUT2D eigenvalue weighted by atomic mass is 32.2. The molecule has 5 aromatic rings. The molecule has 0 bridgehead atoms. The minimum atomic E-state index is -4.55. The number of halogens is 3. The van der Waals surface area contributed by atoms with Gasteiger partial charge in [-0.05, 0) is 18.4 Å². The molecule has 4 aromatic heterocycles. The van der Waals surface area contributed by atoms with Crippen LogP contribution < -0.4 is 9.47 Å². The zero-order valence-electron chi connectivity index (χ0n) is 23.2. The van der Waals surface area contributed by atoms with E-state index >= 15 is 0 Å². The van der Waals surface area contributed by atoms with Gasteiger partial charge in [-0.1, -0.05) is 24.3 Å². The minimum absolute atomic E-state index is 0.00214. The molecule has 224 valence electrons. The number of methoxy groups -OCH3 is 1. The second-order valence-electron chi connectivity index (χ2n) is 10.3. The molecule has 16 heteroatoms. The Kier molecular flexibility index (Phi) is 7.02. The summed E-state index contributed by atoms with van der Waals surface area (Å²) < 4.78 is 77.9. The smallest absolute Gasteiger partial charge is 0.434 e. The molecule has 1 saturated carbocycles. The van der Waals surface area contributed by atoms with E-state index in [-0.39, 0.29) is 53.0 Å². The molecular formula is C27H25F3N8O4S. The van der Waals surface area contributed by atoms with E-state index in [0.29, 0.717) is 16.7 Å². The molecule has 1 aromatic carbocycles. The van der Waals surface area contributed by atoms with Gasteiger partial charge < -0.3 is 18.6 Å². The summed E-state index contributed by atoms with van der Waals surface area (Å²) in [6.07, 6.45) is 2.17. The SMILES string of the molecule is COc1ncnc(C2CC2)c1-c1nc(OCc2ccc(-c3nc(C(F)(F)F)cn3C)cc2)c2c(ncn2CS(C)(=O)=O)n1. The van der Waals surface area contributed by atoms with E-state index in [1.807, 2.05) is 0 Å². The van der Waals surface area contributed by atoms with Crippen molar-refractivity contribution >= 4 is 21.0 Å². The predicted molar refractivity (Wildman–Crippen MR) is 148 cm³/mol. The van der Waals surface area contributed by atoms with E-state index in [0.717, 1.165) is 31.0 Å². The van der Waals surface area contributed by atoms with E-state index < -0.39 is 21.7 Å². The summed E-state index contributed by atoms with van der Waals surface area (Å²) >= 11 is 0. The number of hydrogen-bond acceptors (Lipinski definition) is 10. The fraction of sp³-hybridized carbons (Fsp3) is 0.333. The zero-order chi connectivity index (χ0) is 30.5. The molecule has 0 spiro atoms. The van der Waals surface area contributed by atoms with Crippen LogP contribution in [0.2, 0.25) is 0 Å². The predicted octanol–water partition coefficient (Wildman–Crippen LogP) is 4.17. The molecule has 1 fully saturated rings. The number of benzene rings is 1. The Balaban J connectivity index is 1.36. The first-order valence-electron chi connectivity index (χ1n) is 13.0. The van der Waals surface area contributed by atoms with E-state index in [4.69, 9.17) is 9.47 Å². The molecule has 0 saturated heterocycles. The number of ether oxygens (including phenoxy) is 2. The Bertz CT molecular complexity index is 1930. The number of rotatable bonds is 9. The standard InChI is InChI=1S/C27H25F3N8O4S/c1-37-10-18(27(28,29)30)34-24(37)17-6-4-15(5-7-17)11-42-26-21-23(33-13-38(21)14-43(3,39)40)35-22(36-26)19-20(16-8-9-16)31-12-32-25(19)41-2/h4-7,10,12-13,16H,8-9,11,14H2,1-3H3. The van der Waals surface area contributed by atoms with Crippen molar-refractivity contribution in [1.82, 2.24) is 39.0 Å². The summed E-state index contributed by atoms with van der Waals surface area (Å²) in [4.78, 5) is 26.0. The lowest BCUT2D eigenvalue weighted by molar-refractivity contribution is -0.140. The first kappa shape index (κ1) is 28.5. The summed E-state index contributed by atoms with van der Waals surface area (Å²) in [5, 5.41) is 0. The largest absolute Gasteiger partial charge is 0.480 e. The number of alkyl halides is 3. The van der Waals surface area contributed by atoms with Crippen molar-refractivity contribution in [2.45, 2.75) is 37.4 Å². The summed E-state index contributed by atoms with van der Waals surface area (Å²) in [6, 6.07) is 6.68. The van der Waals surface area contributed by atoms with Crippen molar-refractivity contribution in [2.24, 2.45) is 7.05 Å². The monoisotopic (exact) mass is 614 g/mol. The van der Waals surface area contributed by atoms with Gasteiger partial charge in [0.1, 0.15) is 30.2 Å². The minimum Gasteiger partial charge on any atom is -0.480 e. The molecule has 0 atom stereocenters. The number of aromatic nitrogens is 8. The lowest BCUT2D eigenvalue weighted by Gasteiger charge is -2.13. The van der Waals surface area contributed by atoms with E-state index in [2.05, 4.69) is 29.9 Å². The first-order chi connectivity index (χ1) is 20.4. The summed E-state index contributed by atoms with van der Waals surface area (Å²) in [5.74, 6) is 0.594. The molecule has 0 unspecified atom stereocenters. The van der Waals surface area contributed by atoms with Crippen LogP contribution in [0, 0.1) is 0 Å². The number of imidazole rings is 2. The van der Waals surface area contributed by atoms with Gasteiger partial charge in [0.25, 0.3) is 0 Å². The Hall–Kier alpha value is -4.60. The van der Waals surface area contributed by atoms with Gasteiger partial charge in [0, 0.05) is 31.0 Å². The molecule has 0 amide bonds. The van der Waals surface area contributed by atoms with Crippen molar-refractivity contribution in [1.29, 1.82) is 0 Å². The third-order valence-corrected chi connectivity index (χ3v) is 7.54. The van der Waals surface area contributed by atoms with Crippen molar-refractivity contribution in [3.8, 4) is 34.5 Å². The fourth-order valence-electron chi connectivity index (χ4n) is 4.70. The Morgan fingerprint density at radius 3 is 2.40 bits per heavy atom. The molecule has 4 heterocycles. The summed E-state index contributed by atoms with van der Waals surface area (Å²) in [5.41, 5.74) is 1.93. The average Bonchev–Trinajstić information content (AvgIpc) is 3.62. The maximum absolute atomic E-state index is 13.1. The number of hydrogen-bond donors (Lipinski definition) is 0. The van der Waals surface area contributed by atoms with Crippen molar-refractivity contribution in [3.63, 3.8) is 0 Å². The summed E-state index contributed by atoms with van der Waals surface area (Å²) in [6.45, 7) is 0.00214. The molecular weight excluding hydrogens is 589 g/mol. The number of sulfone groups is 1. The number of fused-ring (bicyclic) bond motifs is 1. The number of aryl methyl sites for hydroxylation is 1. The van der Waals surface area contributed by atoms with Gasteiger partial charge in [0.05, 0.1) is 19.1 Å². The highest BCUT2D eigenvalue weighted by molar-refractivity contribution is 7.89. The van der Waals surface area contributed by atoms with Crippen LogP contribution in [0.25, 0.3) is 33.9 Å². The highest BCUT2D eigenvalue weighted by Gasteiger charge is 2.35. The Morgan fingerprint density at radius 1 is 1.02 bits per heavy atom. The zero-order valence-corrected chi connectivity index (χ0v) is 24.0. The third kappa shape index (κ3) is 5.86. The second-order valence-corrected chi connectivity index (χ2v) is 12.4. The molecule has 6 rings (SSSR count). The van der Waals surface area contributed by atoms with Crippen LogP contribution in [-0.2, 0) is 35.5 Å². The van der Waals surface area contributed by atoms with Crippen LogP contribution in [0.3, 0.4) is 0 Å². The van der Waals surface area contributed by atoms with Crippen molar-refractivity contribution in [3.05, 3.63) is 60.1 Å². The van der Waals surface area contributed by atoms with Gasteiger partial charge in [-0.15, -0.1) is 0 Å². The second kappa shape index (κ2) is 10.6. The average molecular weight is 615 g/mol. The highest BCUT2D eigenvalue weighted by Crippen LogP contribution is 2.45. The van der Waals surface area contributed by atoms with Crippen LogP contribution in [0.4, 0.5) is 13.2 Å². The van der Waals surface area contributed by atoms with Gasteiger partial charge in [0.15, 0.2) is 32.5 Å². The first-order valence-corrected chi connectivity index (χ1v) is 15.1. The Labute approximate surface area is 243 Å². The number of nitrogens with zero attached hydrogens (tertiary/aromatic N) is 8. The normalized spacial score (nSPS) is 13.9. The topological polar surface area (TPSA) is 140 Å². The molecule has 1 aliphatic rings. The summed E-state index contributed by atoms with van der Waals surface area (Å²) in [7, 11) is -0.476. The molecule has 0 radical (unpaired) electrons. The van der Waals surface area contributed by atoms with Gasteiger partial charge in [0.2, 0.25) is 11.8 Å². The molecule has 1 aliphatic carbocycles. The van der Waals surface area contributed by atoms with Crippen molar-refractivity contribution in [2.75, 3.05) is 13.4 Å². The quantitative estimate of drug-likeness (QED) is 0.238.